The number of rotatable bonds is 7. The molecule has 0 saturated heterocycles. The first-order valence-corrected chi connectivity index (χ1v) is 7.66. The average Bonchev–Trinajstić information content (AvgIpc) is 2.88. The highest BCUT2D eigenvalue weighted by Crippen LogP contribution is 2.17. The van der Waals surface area contributed by atoms with E-state index in [0.29, 0.717) is 0 Å². The number of hydrogen-bond acceptors (Lipinski definition) is 3. The van der Waals surface area contributed by atoms with Gasteiger partial charge in [0.15, 0.2) is 0 Å². The maximum atomic E-state index is 11.1. The number of nitrogens with one attached hydrogen (secondary N) is 3. The highest BCUT2D eigenvalue weighted by molar-refractivity contribution is 5.88. The molecule has 3 N–H and O–H groups in total. The minimum atomic E-state index is -0.0479. The second kappa shape index (κ2) is 7.75. The lowest BCUT2D eigenvalue weighted by atomic mass is 10.1. The van der Waals surface area contributed by atoms with Gasteiger partial charge >= 0.3 is 0 Å². The summed E-state index contributed by atoms with van der Waals surface area (Å²) in [5.74, 6) is -0.0479. The molecule has 22 heavy (non-hydrogen) atoms. The van der Waals surface area contributed by atoms with Gasteiger partial charge in [-0.2, -0.15) is 5.10 Å². The summed E-state index contributed by atoms with van der Waals surface area (Å²) >= 11 is 0. The average molecular weight is 300 g/mol. The van der Waals surface area contributed by atoms with Gasteiger partial charge in [0.05, 0.1) is 6.20 Å². The van der Waals surface area contributed by atoms with Crippen molar-refractivity contribution in [2.24, 2.45) is 0 Å². The van der Waals surface area contributed by atoms with Crippen LogP contribution in [0.25, 0.3) is 0 Å². The van der Waals surface area contributed by atoms with Crippen molar-refractivity contribution in [2.45, 2.75) is 39.7 Å². The molecule has 0 bridgehead atoms. The van der Waals surface area contributed by atoms with Gasteiger partial charge in [-0.15, -0.1) is 0 Å². The van der Waals surface area contributed by atoms with Crippen LogP contribution in [0.5, 0.6) is 0 Å². The Hall–Kier alpha value is -2.14. The van der Waals surface area contributed by atoms with Crippen molar-refractivity contribution in [1.82, 2.24) is 15.5 Å². The van der Waals surface area contributed by atoms with Crippen LogP contribution in [0.4, 0.5) is 5.69 Å². The highest BCUT2D eigenvalue weighted by atomic mass is 16.1. The Morgan fingerprint density at radius 1 is 1.41 bits per heavy atom. The fourth-order valence-corrected chi connectivity index (χ4v) is 2.43. The normalized spacial score (nSPS) is 12.1. The molecule has 5 nitrogen and oxygen atoms in total. The first kappa shape index (κ1) is 16.2. The third-order valence-electron chi connectivity index (χ3n) is 3.71. The van der Waals surface area contributed by atoms with Crippen molar-refractivity contribution in [3.63, 3.8) is 0 Å². The minimum absolute atomic E-state index is 0.0479. The van der Waals surface area contributed by atoms with E-state index in [1.165, 1.54) is 18.1 Å². The number of hydrogen-bond donors (Lipinski definition) is 3. The van der Waals surface area contributed by atoms with Gasteiger partial charge < -0.3 is 10.6 Å². The third-order valence-corrected chi connectivity index (χ3v) is 3.71. The molecule has 0 aliphatic carbocycles. The standard InChI is InChI=1S/C17H24N4O/c1-12(15-6-4-8-17(10-15)20-14(3)22)18-9-5-7-16-11-19-21-13(16)2/h4,6,8,10-12,18H,5,7,9H2,1-3H3,(H,19,21)(H,20,22). The van der Waals surface area contributed by atoms with Crippen LogP contribution < -0.4 is 10.6 Å². The summed E-state index contributed by atoms with van der Waals surface area (Å²) in [4.78, 5) is 11.1. The van der Waals surface area contributed by atoms with Crippen molar-refractivity contribution in [3.05, 3.63) is 47.3 Å². The Kier molecular flexibility index (Phi) is 5.72. The Labute approximate surface area is 131 Å². The fourth-order valence-electron chi connectivity index (χ4n) is 2.43. The molecule has 1 atom stereocenters. The van der Waals surface area contributed by atoms with E-state index in [2.05, 4.69) is 33.8 Å². The van der Waals surface area contributed by atoms with E-state index in [-0.39, 0.29) is 11.9 Å². The molecule has 1 aromatic heterocycles. The molecule has 1 heterocycles. The van der Waals surface area contributed by atoms with Crippen LogP contribution >= 0.6 is 0 Å². The van der Waals surface area contributed by atoms with E-state index in [0.717, 1.165) is 30.8 Å². The highest BCUT2D eigenvalue weighted by Gasteiger charge is 2.06. The van der Waals surface area contributed by atoms with Gasteiger partial charge in [0.2, 0.25) is 5.91 Å². The molecule has 0 fully saturated rings. The molecule has 2 rings (SSSR count). The molecule has 0 spiro atoms. The number of benzene rings is 1. The number of aromatic amines is 1. The fraction of sp³-hybridized carbons (Fsp3) is 0.412. The molecule has 1 unspecified atom stereocenters. The van der Waals surface area contributed by atoms with Gasteiger partial charge in [0.25, 0.3) is 0 Å². The van der Waals surface area contributed by atoms with E-state index in [1.807, 2.05) is 31.3 Å². The largest absolute Gasteiger partial charge is 0.326 e. The quantitative estimate of drug-likeness (QED) is 0.689. The van der Waals surface area contributed by atoms with Gasteiger partial charge in [-0.05, 0) is 56.5 Å². The number of amides is 1. The molecule has 118 valence electrons. The van der Waals surface area contributed by atoms with Gasteiger partial charge in [-0.1, -0.05) is 12.1 Å². The molecule has 5 heteroatoms. The van der Waals surface area contributed by atoms with Crippen molar-refractivity contribution in [1.29, 1.82) is 0 Å². The zero-order chi connectivity index (χ0) is 15.9. The molecule has 0 aliphatic heterocycles. The first-order chi connectivity index (χ1) is 10.6. The van der Waals surface area contributed by atoms with Crippen LogP contribution in [0.1, 0.15) is 43.1 Å². The van der Waals surface area contributed by atoms with Crippen molar-refractivity contribution in [3.8, 4) is 0 Å². The lowest BCUT2D eigenvalue weighted by Crippen LogP contribution is -2.20. The zero-order valence-corrected chi connectivity index (χ0v) is 13.4. The molecule has 0 radical (unpaired) electrons. The van der Waals surface area contributed by atoms with E-state index in [4.69, 9.17) is 0 Å². The SMILES string of the molecule is CC(=O)Nc1cccc(C(C)NCCCc2cn[nH]c2C)c1. The summed E-state index contributed by atoms with van der Waals surface area (Å²) < 4.78 is 0. The molecular weight excluding hydrogens is 276 g/mol. The van der Waals surface area contributed by atoms with Crippen LogP contribution in [0.3, 0.4) is 0 Å². The lowest BCUT2D eigenvalue weighted by molar-refractivity contribution is -0.114. The second-order valence-electron chi connectivity index (χ2n) is 5.61. The number of aromatic nitrogens is 2. The number of anilines is 1. The van der Waals surface area contributed by atoms with Crippen LogP contribution in [-0.4, -0.2) is 22.6 Å². The first-order valence-electron chi connectivity index (χ1n) is 7.66. The van der Waals surface area contributed by atoms with Gasteiger partial charge in [-0.3, -0.25) is 9.89 Å². The monoisotopic (exact) mass is 300 g/mol. The Balaban J connectivity index is 1.80. The summed E-state index contributed by atoms with van der Waals surface area (Å²) in [7, 11) is 0. The van der Waals surface area contributed by atoms with Crippen molar-refractivity contribution >= 4 is 11.6 Å². The Morgan fingerprint density at radius 2 is 2.23 bits per heavy atom. The third kappa shape index (κ3) is 4.70. The van der Waals surface area contributed by atoms with Crippen LogP contribution in [0, 0.1) is 6.92 Å². The van der Waals surface area contributed by atoms with Gasteiger partial charge in [0.1, 0.15) is 0 Å². The maximum absolute atomic E-state index is 11.1. The summed E-state index contributed by atoms with van der Waals surface area (Å²) in [6.07, 6.45) is 3.99. The number of nitrogens with zero attached hydrogens (tertiary/aromatic N) is 1. The Bertz CT molecular complexity index is 621. The van der Waals surface area contributed by atoms with Gasteiger partial charge in [-0.25, -0.2) is 0 Å². The van der Waals surface area contributed by atoms with E-state index < -0.39 is 0 Å². The van der Waals surface area contributed by atoms with Gasteiger partial charge in [0, 0.05) is 24.3 Å². The van der Waals surface area contributed by atoms with E-state index in [9.17, 15) is 4.79 Å². The number of H-pyrrole nitrogens is 1. The molecule has 2 aromatic rings. The molecule has 1 amide bonds. The summed E-state index contributed by atoms with van der Waals surface area (Å²) in [5, 5.41) is 13.3. The Morgan fingerprint density at radius 3 is 2.91 bits per heavy atom. The van der Waals surface area contributed by atoms with E-state index >= 15 is 0 Å². The van der Waals surface area contributed by atoms with E-state index in [1.54, 1.807) is 0 Å². The predicted octanol–water partition coefficient (Wildman–Crippen LogP) is 2.96. The van der Waals surface area contributed by atoms with Crippen molar-refractivity contribution in [2.75, 3.05) is 11.9 Å². The van der Waals surface area contributed by atoms with Crippen LogP contribution in [0.15, 0.2) is 30.5 Å². The lowest BCUT2D eigenvalue weighted by Gasteiger charge is -2.15. The second-order valence-corrected chi connectivity index (χ2v) is 5.61. The summed E-state index contributed by atoms with van der Waals surface area (Å²) in [5.41, 5.74) is 4.44. The van der Waals surface area contributed by atoms with Crippen LogP contribution in [-0.2, 0) is 11.2 Å². The zero-order valence-electron chi connectivity index (χ0n) is 13.4. The molecule has 1 aromatic carbocycles. The predicted molar refractivity (Wildman–Crippen MR) is 88.8 cm³/mol. The summed E-state index contributed by atoms with van der Waals surface area (Å²) in [6, 6.07) is 8.20. The molecule has 0 saturated carbocycles. The molecular formula is C17H24N4O. The molecule has 0 aliphatic rings. The minimum Gasteiger partial charge on any atom is -0.326 e. The maximum Gasteiger partial charge on any atom is 0.221 e. The topological polar surface area (TPSA) is 69.8 Å². The summed E-state index contributed by atoms with van der Waals surface area (Å²) in [6.45, 7) is 6.64. The number of aryl methyl sites for hydroxylation is 2. The number of carbonyl (C=O) groups is 1. The van der Waals surface area contributed by atoms with Crippen molar-refractivity contribution < 1.29 is 4.79 Å². The van der Waals surface area contributed by atoms with Crippen LogP contribution in [0.2, 0.25) is 0 Å². The number of carbonyl (C=O) groups excluding carboxylic acids is 1. The smallest absolute Gasteiger partial charge is 0.221 e.